The van der Waals surface area contributed by atoms with Crippen LogP contribution >= 0.6 is 0 Å². The van der Waals surface area contributed by atoms with Crippen molar-refractivity contribution < 1.29 is 0 Å². The minimum Gasteiger partial charge on any atom is -0.295 e. The molecule has 1 spiro atoms. The zero-order valence-corrected chi connectivity index (χ0v) is 12.6. The van der Waals surface area contributed by atoms with Crippen molar-refractivity contribution in [2.75, 3.05) is 6.54 Å². The molecule has 1 heteroatoms. The van der Waals surface area contributed by atoms with Gasteiger partial charge in [0.25, 0.3) is 0 Å². The van der Waals surface area contributed by atoms with Crippen molar-refractivity contribution >= 4 is 0 Å². The fourth-order valence-electron chi connectivity index (χ4n) is 2.91. The molecule has 2 fully saturated rings. The van der Waals surface area contributed by atoms with Crippen molar-refractivity contribution in [3.05, 3.63) is 0 Å². The molecule has 2 aliphatic rings. The molecule has 0 N–H and O–H groups in total. The normalized spacial score (nSPS) is 26.6. The average Bonchev–Trinajstić information content (AvgIpc) is 3.03. The number of hydrogen-bond donors (Lipinski definition) is 0. The lowest BCUT2D eigenvalue weighted by Gasteiger charge is -2.41. The number of hydrogen-bond acceptors (Lipinski definition) is 1. The summed E-state index contributed by atoms with van der Waals surface area (Å²) in [6.45, 7) is 16.4. The van der Waals surface area contributed by atoms with E-state index in [1.54, 1.807) is 0 Å². The molecule has 1 saturated heterocycles. The first-order chi connectivity index (χ1) is 7.64. The highest BCUT2D eigenvalue weighted by Crippen LogP contribution is 2.50. The number of piperidine rings is 1. The summed E-state index contributed by atoms with van der Waals surface area (Å²) in [4.78, 5) is 2.74. The smallest absolute Gasteiger partial charge is 0.0216 e. The first kappa shape index (κ1) is 16.0. The monoisotopic (exact) mass is 227 g/mol. The van der Waals surface area contributed by atoms with E-state index in [2.05, 4.69) is 25.7 Å². The standard InChI is InChI=1S/C11H21N.2C2H6/c1-9(2)12-7-4-10(3)8-11(12)5-6-11;2*1-2/h9-10H,4-8H2,1-3H3;2*1-2H3. The Bertz CT molecular complexity index is 170. The molecule has 16 heavy (non-hydrogen) atoms. The van der Waals surface area contributed by atoms with E-state index in [9.17, 15) is 0 Å². The molecule has 1 heterocycles. The average molecular weight is 227 g/mol. The second-order valence-electron chi connectivity index (χ2n) is 5.11. The quantitative estimate of drug-likeness (QED) is 0.627. The van der Waals surface area contributed by atoms with Gasteiger partial charge in [-0.15, -0.1) is 0 Å². The van der Waals surface area contributed by atoms with Crippen LogP contribution in [0.2, 0.25) is 0 Å². The third-order valence-electron chi connectivity index (χ3n) is 3.65. The van der Waals surface area contributed by atoms with Crippen LogP contribution in [0.5, 0.6) is 0 Å². The van der Waals surface area contributed by atoms with Crippen LogP contribution in [-0.2, 0) is 0 Å². The van der Waals surface area contributed by atoms with Gasteiger partial charge in [0.2, 0.25) is 0 Å². The Morgan fingerprint density at radius 2 is 1.56 bits per heavy atom. The summed E-state index contributed by atoms with van der Waals surface area (Å²) < 4.78 is 0. The molecule has 0 aromatic rings. The molecule has 0 bridgehead atoms. The second kappa shape index (κ2) is 7.32. The van der Waals surface area contributed by atoms with Gasteiger partial charge in [-0.05, 0) is 52.0 Å². The summed E-state index contributed by atoms with van der Waals surface area (Å²) in [5.74, 6) is 0.975. The maximum Gasteiger partial charge on any atom is 0.0216 e. The van der Waals surface area contributed by atoms with Gasteiger partial charge >= 0.3 is 0 Å². The first-order valence-corrected chi connectivity index (χ1v) is 7.41. The van der Waals surface area contributed by atoms with Gasteiger partial charge in [-0.3, -0.25) is 4.90 Å². The van der Waals surface area contributed by atoms with Crippen LogP contribution in [0.1, 0.15) is 74.1 Å². The fourth-order valence-corrected chi connectivity index (χ4v) is 2.91. The van der Waals surface area contributed by atoms with Crippen molar-refractivity contribution in [2.24, 2.45) is 5.92 Å². The van der Waals surface area contributed by atoms with Crippen LogP contribution in [0.25, 0.3) is 0 Å². The van der Waals surface area contributed by atoms with E-state index < -0.39 is 0 Å². The van der Waals surface area contributed by atoms with Crippen molar-refractivity contribution in [1.29, 1.82) is 0 Å². The van der Waals surface area contributed by atoms with Gasteiger partial charge in [0.05, 0.1) is 0 Å². The molecule has 98 valence electrons. The highest BCUT2D eigenvalue weighted by molar-refractivity contribution is 5.07. The lowest BCUT2D eigenvalue weighted by atomic mass is 9.89. The number of nitrogens with zero attached hydrogens (tertiary/aromatic N) is 1. The highest BCUT2D eigenvalue weighted by Gasteiger charge is 2.50. The number of likely N-dealkylation sites (tertiary alicyclic amines) is 1. The summed E-state index contributed by atoms with van der Waals surface area (Å²) in [5, 5.41) is 0. The predicted molar refractivity (Wildman–Crippen MR) is 74.9 cm³/mol. The Labute approximate surface area is 104 Å². The SMILES string of the molecule is CC.CC.CC1CCN(C(C)C)C2(CC2)C1. The lowest BCUT2D eigenvalue weighted by Crippen LogP contribution is -2.47. The Morgan fingerprint density at radius 1 is 1.06 bits per heavy atom. The molecule has 1 atom stereocenters. The minimum absolute atomic E-state index is 0.672. The van der Waals surface area contributed by atoms with Crippen molar-refractivity contribution in [2.45, 2.75) is 85.7 Å². The third-order valence-corrected chi connectivity index (χ3v) is 3.65. The molecular weight excluding hydrogens is 194 g/mol. The molecule has 0 radical (unpaired) electrons. The van der Waals surface area contributed by atoms with Gasteiger partial charge in [0.1, 0.15) is 0 Å². The van der Waals surface area contributed by atoms with E-state index in [0.29, 0.717) is 5.54 Å². The van der Waals surface area contributed by atoms with Crippen molar-refractivity contribution in [1.82, 2.24) is 4.90 Å². The molecule has 1 aliphatic carbocycles. The van der Waals surface area contributed by atoms with Crippen LogP contribution in [0.4, 0.5) is 0 Å². The Morgan fingerprint density at radius 3 is 1.94 bits per heavy atom. The van der Waals surface area contributed by atoms with E-state index in [0.717, 1.165) is 12.0 Å². The summed E-state index contributed by atoms with van der Waals surface area (Å²) in [5.41, 5.74) is 0.672. The molecule has 0 aromatic heterocycles. The van der Waals surface area contributed by atoms with Crippen LogP contribution in [-0.4, -0.2) is 23.0 Å². The molecule has 1 unspecified atom stereocenters. The summed E-state index contributed by atoms with van der Waals surface area (Å²) in [7, 11) is 0. The highest BCUT2D eigenvalue weighted by atomic mass is 15.3. The summed E-state index contributed by atoms with van der Waals surface area (Å²) in [6.07, 6.45) is 5.82. The Kier molecular flexibility index (Phi) is 7.30. The summed E-state index contributed by atoms with van der Waals surface area (Å²) >= 11 is 0. The maximum absolute atomic E-state index is 2.74. The molecule has 0 amide bonds. The van der Waals surface area contributed by atoms with Crippen LogP contribution < -0.4 is 0 Å². The molecule has 1 aliphatic heterocycles. The van der Waals surface area contributed by atoms with Gasteiger partial charge in [0, 0.05) is 11.6 Å². The van der Waals surface area contributed by atoms with E-state index in [1.807, 2.05) is 27.7 Å². The van der Waals surface area contributed by atoms with E-state index in [1.165, 1.54) is 32.2 Å². The summed E-state index contributed by atoms with van der Waals surface area (Å²) in [6, 6.07) is 0.764. The zero-order chi connectivity index (χ0) is 12.8. The molecule has 2 rings (SSSR count). The van der Waals surface area contributed by atoms with Gasteiger partial charge < -0.3 is 0 Å². The van der Waals surface area contributed by atoms with Crippen LogP contribution in [0.3, 0.4) is 0 Å². The molecule has 1 saturated carbocycles. The van der Waals surface area contributed by atoms with Gasteiger partial charge in [-0.25, -0.2) is 0 Å². The molecular formula is C15H33N. The van der Waals surface area contributed by atoms with E-state index in [-0.39, 0.29) is 0 Å². The van der Waals surface area contributed by atoms with Crippen LogP contribution in [0.15, 0.2) is 0 Å². The van der Waals surface area contributed by atoms with Gasteiger partial charge in [-0.1, -0.05) is 34.6 Å². The molecule has 1 nitrogen and oxygen atoms in total. The Balaban J connectivity index is 0.000000509. The topological polar surface area (TPSA) is 3.24 Å². The van der Waals surface area contributed by atoms with Crippen LogP contribution in [0, 0.1) is 5.92 Å². The van der Waals surface area contributed by atoms with Gasteiger partial charge in [-0.2, -0.15) is 0 Å². The van der Waals surface area contributed by atoms with Crippen molar-refractivity contribution in [3.63, 3.8) is 0 Å². The molecule has 0 aromatic carbocycles. The predicted octanol–water partition coefficient (Wildman–Crippen LogP) is 4.71. The second-order valence-corrected chi connectivity index (χ2v) is 5.11. The number of rotatable bonds is 1. The third kappa shape index (κ3) is 3.76. The zero-order valence-electron chi connectivity index (χ0n) is 12.6. The van der Waals surface area contributed by atoms with E-state index >= 15 is 0 Å². The van der Waals surface area contributed by atoms with Gasteiger partial charge in [0.15, 0.2) is 0 Å². The minimum atomic E-state index is 0.672. The van der Waals surface area contributed by atoms with Crippen molar-refractivity contribution in [3.8, 4) is 0 Å². The fraction of sp³-hybridized carbons (Fsp3) is 1.00. The maximum atomic E-state index is 2.74. The lowest BCUT2D eigenvalue weighted by molar-refractivity contribution is 0.0693. The van der Waals surface area contributed by atoms with E-state index in [4.69, 9.17) is 0 Å². The Hall–Kier alpha value is -0.0400. The largest absolute Gasteiger partial charge is 0.295 e. The first-order valence-electron chi connectivity index (χ1n) is 7.41.